The van der Waals surface area contributed by atoms with Crippen molar-refractivity contribution in [3.05, 3.63) is 48.5 Å². The lowest BCUT2D eigenvalue weighted by molar-refractivity contribution is -0.133. The number of amides is 1. The van der Waals surface area contributed by atoms with E-state index in [9.17, 15) is 31.6 Å². The van der Waals surface area contributed by atoms with Gasteiger partial charge in [-0.3, -0.25) is 10.0 Å². The molecule has 1 aliphatic rings. The molecule has 0 spiro atoms. The smallest absolute Gasteiger partial charge is 0.446 e. The number of hydrogen-bond donors (Lipinski definition) is 2. The summed E-state index contributed by atoms with van der Waals surface area (Å²) < 4.78 is 73.2. The minimum Gasteiger partial charge on any atom is -0.457 e. The van der Waals surface area contributed by atoms with E-state index >= 15 is 0 Å². The van der Waals surface area contributed by atoms with Crippen molar-refractivity contribution in [2.75, 3.05) is 33.4 Å². The molecule has 0 aliphatic carbocycles. The zero-order valence-corrected chi connectivity index (χ0v) is 21.6. The van der Waals surface area contributed by atoms with Crippen LogP contribution in [0.15, 0.2) is 58.3 Å². The lowest BCUT2D eigenvalue weighted by atomic mass is 9.95. The zero-order valence-electron chi connectivity index (χ0n) is 19.2. The molecule has 0 unspecified atom stereocenters. The van der Waals surface area contributed by atoms with Gasteiger partial charge >= 0.3 is 5.51 Å². The van der Waals surface area contributed by atoms with Crippen molar-refractivity contribution >= 4 is 39.9 Å². The van der Waals surface area contributed by atoms with E-state index in [1.165, 1.54) is 54.0 Å². The number of carbonyl (C=O) groups is 1. The third-order valence-electron chi connectivity index (χ3n) is 5.73. The maximum absolute atomic E-state index is 13.5. The summed E-state index contributed by atoms with van der Waals surface area (Å²) in [5, 5.41) is 9.28. The van der Waals surface area contributed by atoms with Gasteiger partial charge in [0.1, 0.15) is 11.5 Å². The first-order valence-corrected chi connectivity index (χ1v) is 12.8. The number of alkyl halides is 3. The second kappa shape index (κ2) is 12.5. The number of ether oxygens (including phenoxy) is 2. The number of carbonyl (C=O) groups excluding carboxylic acids is 1. The van der Waals surface area contributed by atoms with Gasteiger partial charge in [0.25, 0.3) is 5.91 Å². The van der Waals surface area contributed by atoms with E-state index in [4.69, 9.17) is 9.47 Å². The van der Waals surface area contributed by atoms with Crippen LogP contribution < -0.4 is 10.2 Å². The quantitative estimate of drug-likeness (QED) is 0.262. The monoisotopic (exact) mass is 570 g/mol. The summed E-state index contributed by atoms with van der Waals surface area (Å²) in [6.07, 6.45) is -0.0159. The molecule has 1 heterocycles. The highest BCUT2D eigenvalue weighted by molar-refractivity contribution is 8.00. The highest BCUT2D eigenvalue weighted by Crippen LogP contribution is 2.38. The molecule has 0 saturated carbocycles. The van der Waals surface area contributed by atoms with Crippen molar-refractivity contribution in [1.29, 1.82) is 0 Å². The molecule has 2 N–H and O–H groups in total. The number of benzene rings is 2. The van der Waals surface area contributed by atoms with Gasteiger partial charge in [-0.1, -0.05) is 0 Å². The summed E-state index contributed by atoms with van der Waals surface area (Å²) in [5.74, 6) is -0.456. The number of nitrogens with one attached hydrogen (secondary N) is 1. The molecule has 1 saturated heterocycles. The SMILES string of the molecule is COCCN1CCC(C(=O)NO)(S(=O)(=O)c2ccc(Oc3ccc(SC(F)(F)F)cc3)cc2)CC1.Cl. The molecule has 0 aromatic heterocycles. The van der Waals surface area contributed by atoms with Crippen molar-refractivity contribution in [3.8, 4) is 11.5 Å². The van der Waals surface area contributed by atoms with Crippen LogP contribution in [0.1, 0.15) is 12.8 Å². The highest BCUT2D eigenvalue weighted by atomic mass is 35.5. The first kappa shape index (κ1) is 30.2. The molecule has 2 aromatic carbocycles. The molecule has 0 atom stereocenters. The van der Waals surface area contributed by atoms with E-state index in [0.29, 0.717) is 26.2 Å². The van der Waals surface area contributed by atoms with Crippen LogP contribution in [0.3, 0.4) is 0 Å². The fourth-order valence-corrected chi connectivity index (χ4v) is 6.33. The number of thioether (sulfide) groups is 1. The molecular weight excluding hydrogens is 545 g/mol. The molecule has 14 heteroatoms. The molecule has 3 rings (SSSR count). The van der Waals surface area contributed by atoms with Crippen LogP contribution in [0.2, 0.25) is 0 Å². The molecule has 200 valence electrons. The summed E-state index contributed by atoms with van der Waals surface area (Å²) in [5.41, 5.74) is -2.88. The number of likely N-dealkylation sites (tertiary alicyclic amines) is 1. The predicted molar refractivity (Wildman–Crippen MR) is 130 cm³/mol. The first-order chi connectivity index (χ1) is 16.5. The summed E-state index contributed by atoms with van der Waals surface area (Å²) >= 11 is -0.240. The molecule has 36 heavy (non-hydrogen) atoms. The number of hydroxylamine groups is 1. The van der Waals surface area contributed by atoms with Crippen LogP contribution in [-0.4, -0.2) is 68.0 Å². The number of piperidine rings is 1. The Hall–Kier alpha value is -2.03. The third kappa shape index (κ3) is 7.05. The van der Waals surface area contributed by atoms with E-state index in [1.54, 1.807) is 7.11 Å². The average Bonchev–Trinajstić information content (AvgIpc) is 2.83. The van der Waals surface area contributed by atoms with Crippen LogP contribution in [-0.2, 0) is 19.4 Å². The van der Waals surface area contributed by atoms with Gasteiger partial charge in [0.15, 0.2) is 14.6 Å². The molecule has 2 aromatic rings. The number of rotatable bonds is 9. The van der Waals surface area contributed by atoms with Gasteiger partial charge in [-0.2, -0.15) is 13.2 Å². The molecule has 1 aliphatic heterocycles. The lowest BCUT2D eigenvalue weighted by Gasteiger charge is -2.39. The number of methoxy groups -OCH3 is 1. The number of halogens is 4. The minimum atomic E-state index is -4.39. The summed E-state index contributed by atoms with van der Waals surface area (Å²) in [6, 6.07) is 10.6. The zero-order chi connectivity index (χ0) is 25.7. The maximum Gasteiger partial charge on any atom is 0.446 e. The molecule has 1 fully saturated rings. The van der Waals surface area contributed by atoms with E-state index in [-0.39, 0.29) is 58.3 Å². The number of hydrogen-bond acceptors (Lipinski definition) is 8. The second-order valence-electron chi connectivity index (χ2n) is 7.87. The van der Waals surface area contributed by atoms with Crippen LogP contribution in [0, 0.1) is 0 Å². The molecule has 0 bridgehead atoms. The standard InChI is InChI=1S/C22H25F3N2O6S2.ClH/c1-32-15-14-27-12-10-21(11-13-27,20(28)26-29)35(30,31)19-8-4-17(5-9-19)33-16-2-6-18(7-3-16)34-22(23,24)25;/h2-9,29H,10-15H2,1H3,(H,26,28);1H. The topological polar surface area (TPSA) is 105 Å². The fourth-order valence-electron chi connectivity index (χ4n) is 3.84. The Kier molecular flexibility index (Phi) is 10.5. The Morgan fingerprint density at radius 2 is 1.61 bits per heavy atom. The van der Waals surface area contributed by atoms with Crippen molar-refractivity contribution in [2.24, 2.45) is 0 Å². The van der Waals surface area contributed by atoms with Crippen LogP contribution in [0.4, 0.5) is 13.2 Å². The van der Waals surface area contributed by atoms with Crippen LogP contribution >= 0.6 is 24.2 Å². The lowest BCUT2D eigenvalue weighted by Crippen LogP contribution is -2.57. The Bertz CT molecular complexity index is 1110. The first-order valence-electron chi connectivity index (χ1n) is 10.5. The molecular formula is C22H26ClF3N2O6S2. The van der Waals surface area contributed by atoms with Gasteiger partial charge in [0.2, 0.25) is 0 Å². The predicted octanol–water partition coefficient (Wildman–Crippen LogP) is 4.27. The van der Waals surface area contributed by atoms with Gasteiger partial charge in [-0.25, -0.2) is 13.9 Å². The van der Waals surface area contributed by atoms with Crippen molar-refractivity contribution < 1.29 is 41.1 Å². The van der Waals surface area contributed by atoms with Crippen LogP contribution in [0.25, 0.3) is 0 Å². The Labute approximate surface area is 217 Å². The third-order valence-corrected chi connectivity index (χ3v) is 8.99. The highest BCUT2D eigenvalue weighted by Gasteiger charge is 2.52. The largest absolute Gasteiger partial charge is 0.457 e. The van der Waals surface area contributed by atoms with E-state index in [2.05, 4.69) is 0 Å². The van der Waals surface area contributed by atoms with Crippen molar-refractivity contribution in [3.63, 3.8) is 0 Å². The van der Waals surface area contributed by atoms with E-state index in [1.807, 2.05) is 4.90 Å². The number of nitrogens with zero attached hydrogens (tertiary/aromatic N) is 1. The van der Waals surface area contributed by atoms with Gasteiger partial charge in [0.05, 0.1) is 11.5 Å². The van der Waals surface area contributed by atoms with Crippen LogP contribution in [0.5, 0.6) is 11.5 Å². The molecule has 0 radical (unpaired) electrons. The summed E-state index contributed by atoms with van der Waals surface area (Å²) in [6.45, 7) is 1.73. The maximum atomic E-state index is 13.5. The second-order valence-corrected chi connectivity index (χ2v) is 11.3. The Balaban J connectivity index is 0.00000456. The van der Waals surface area contributed by atoms with E-state index < -0.39 is 26.0 Å². The molecule has 8 nitrogen and oxygen atoms in total. The van der Waals surface area contributed by atoms with Gasteiger partial charge < -0.3 is 14.4 Å². The number of sulfone groups is 1. The summed E-state index contributed by atoms with van der Waals surface area (Å²) in [4.78, 5) is 14.4. The van der Waals surface area contributed by atoms with Crippen molar-refractivity contribution in [2.45, 2.75) is 32.9 Å². The average molecular weight is 571 g/mol. The molecule has 1 amide bonds. The van der Waals surface area contributed by atoms with Gasteiger partial charge in [-0.05, 0) is 73.1 Å². The minimum absolute atomic E-state index is 0. The normalized spacial score (nSPS) is 16.1. The Morgan fingerprint density at radius 3 is 2.08 bits per heavy atom. The Morgan fingerprint density at radius 1 is 1.08 bits per heavy atom. The fraction of sp³-hybridized carbons (Fsp3) is 0.409. The van der Waals surface area contributed by atoms with E-state index in [0.717, 1.165) is 0 Å². The van der Waals surface area contributed by atoms with Gasteiger partial charge in [-0.15, -0.1) is 12.4 Å². The summed E-state index contributed by atoms with van der Waals surface area (Å²) in [7, 11) is -2.62. The van der Waals surface area contributed by atoms with Gasteiger partial charge in [0, 0.05) is 31.6 Å². The van der Waals surface area contributed by atoms with Crippen molar-refractivity contribution in [1.82, 2.24) is 10.4 Å².